The van der Waals surface area contributed by atoms with Crippen molar-refractivity contribution >= 4 is 11.9 Å². The van der Waals surface area contributed by atoms with Gasteiger partial charge in [0.2, 0.25) is 5.91 Å². The van der Waals surface area contributed by atoms with Crippen LogP contribution in [0.2, 0.25) is 0 Å². The number of nitrogens with one attached hydrogen (secondary N) is 1. The first kappa shape index (κ1) is 79.3. The Hall–Kier alpha value is -4.72. The molecular formula is C75H121NO10. The van der Waals surface area contributed by atoms with Crippen molar-refractivity contribution in [3.05, 3.63) is 158 Å². The summed E-state index contributed by atoms with van der Waals surface area (Å²) in [6, 6.07) is -1.06. The Bertz CT molecular complexity index is 2010. The van der Waals surface area contributed by atoms with E-state index in [4.69, 9.17) is 14.2 Å². The van der Waals surface area contributed by atoms with Crippen LogP contribution in [0.4, 0.5) is 0 Å². The summed E-state index contributed by atoms with van der Waals surface area (Å²) in [5.74, 6) is -1.30. The van der Waals surface area contributed by atoms with Gasteiger partial charge in [0.1, 0.15) is 24.4 Å². The van der Waals surface area contributed by atoms with Gasteiger partial charge in [-0.2, -0.15) is 0 Å². The van der Waals surface area contributed by atoms with Gasteiger partial charge in [0.25, 0.3) is 0 Å². The van der Waals surface area contributed by atoms with Gasteiger partial charge in [-0.15, -0.1) is 0 Å². The predicted octanol–water partition coefficient (Wildman–Crippen LogP) is 17.1. The summed E-state index contributed by atoms with van der Waals surface area (Å²) in [5.41, 5.74) is 0. The molecule has 11 heteroatoms. The lowest BCUT2D eigenvalue weighted by Gasteiger charge is -2.41. The number of hydrogen-bond acceptors (Lipinski definition) is 10. The van der Waals surface area contributed by atoms with E-state index in [0.29, 0.717) is 19.3 Å². The van der Waals surface area contributed by atoms with Crippen LogP contribution in [-0.2, 0) is 23.8 Å². The maximum atomic E-state index is 13.5. The first-order valence-electron chi connectivity index (χ1n) is 33.8. The Morgan fingerprint density at radius 3 is 1.26 bits per heavy atom. The van der Waals surface area contributed by atoms with E-state index in [2.05, 4.69) is 160 Å². The van der Waals surface area contributed by atoms with Gasteiger partial charge in [-0.3, -0.25) is 9.59 Å². The number of unbranched alkanes of at least 4 members (excludes halogenated alkanes) is 17. The normalized spacial score (nSPS) is 19.4. The van der Waals surface area contributed by atoms with Gasteiger partial charge in [-0.1, -0.05) is 275 Å². The lowest BCUT2D eigenvalue weighted by Crippen LogP contribution is -2.61. The molecule has 1 aliphatic rings. The van der Waals surface area contributed by atoms with Crippen LogP contribution >= 0.6 is 0 Å². The molecule has 8 unspecified atom stereocenters. The molecule has 0 aromatic carbocycles. The van der Waals surface area contributed by atoms with Crippen LogP contribution in [0.1, 0.15) is 239 Å². The summed E-state index contributed by atoms with van der Waals surface area (Å²) in [4.78, 5) is 26.6. The Kier molecular flexibility index (Phi) is 55.8. The van der Waals surface area contributed by atoms with Crippen molar-refractivity contribution in [1.29, 1.82) is 0 Å². The fourth-order valence-electron chi connectivity index (χ4n) is 9.44. The van der Waals surface area contributed by atoms with E-state index in [-0.39, 0.29) is 19.4 Å². The van der Waals surface area contributed by atoms with Crippen LogP contribution in [0.5, 0.6) is 0 Å². The molecule has 0 aromatic heterocycles. The fraction of sp³-hybridized carbons (Fsp3) is 0.627. The van der Waals surface area contributed by atoms with E-state index in [0.717, 1.165) is 141 Å². The molecule has 1 amide bonds. The second kappa shape index (κ2) is 60.6. The Morgan fingerprint density at radius 1 is 0.465 bits per heavy atom. The van der Waals surface area contributed by atoms with Crippen LogP contribution < -0.4 is 5.32 Å². The minimum Gasteiger partial charge on any atom is -0.454 e. The fourth-order valence-corrected chi connectivity index (χ4v) is 9.44. The summed E-state index contributed by atoms with van der Waals surface area (Å²) < 4.78 is 17.6. The number of carbonyl (C=O) groups is 2. The number of rotatable bonds is 55. The lowest BCUT2D eigenvalue weighted by molar-refractivity contribution is -0.305. The first-order valence-corrected chi connectivity index (χ1v) is 33.8. The lowest BCUT2D eigenvalue weighted by atomic mass is 9.99. The van der Waals surface area contributed by atoms with Crippen molar-refractivity contribution < 1.29 is 49.3 Å². The largest absolute Gasteiger partial charge is 0.454 e. The second-order valence-electron chi connectivity index (χ2n) is 22.4. The third-order valence-corrected chi connectivity index (χ3v) is 14.7. The molecule has 1 rings (SSSR count). The summed E-state index contributed by atoms with van der Waals surface area (Å²) in [5, 5.41) is 57.1. The summed E-state index contributed by atoms with van der Waals surface area (Å²) in [7, 11) is 0. The topological polar surface area (TPSA) is 175 Å². The predicted molar refractivity (Wildman–Crippen MR) is 360 cm³/mol. The van der Waals surface area contributed by atoms with E-state index in [1.54, 1.807) is 6.08 Å². The maximum Gasteiger partial charge on any atom is 0.306 e. The van der Waals surface area contributed by atoms with Gasteiger partial charge in [-0.25, -0.2) is 0 Å². The van der Waals surface area contributed by atoms with Gasteiger partial charge in [-0.05, 0) is 116 Å². The molecule has 11 nitrogen and oxygen atoms in total. The molecule has 1 heterocycles. The van der Waals surface area contributed by atoms with Crippen molar-refractivity contribution in [2.45, 2.75) is 288 Å². The zero-order valence-corrected chi connectivity index (χ0v) is 53.9. The SMILES string of the molecule is CC/C=C\C/C=C\C/C=C\C/C=C\C/C=C\C/C=C\CCCCCCCCCC(O)C(=O)NC(COC1OC(CO)C(O)C(O)C1OC(=O)CC/C=C\C/C=C\C/C=C\C/C=C\C/C=C\C/C=C\CC)C(O)/C=C/CCCCCCCCCCCC. The van der Waals surface area contributed by atoms with Crippen LogP contribution in [0.3, 0.4) is 0 Å². The maximum absolute atomic E-state index is 13.5. The van der Waals surface area contributed by atoms with Gasteiger partial charge < -0.3 is 45.1 Å². The molecule has 0 saturated carbocycles. The number of aliphatic hydroxyl groups excluding tert-OH is 5. The Morgan fingerprint density at radius 2 is 0.837 bits per heavy atom. The third-order valence-electron chi connectivity index (χ3n) is 14.7. The Balaban J connectivity index is 2.66. The van der Waals surface area contributed by atoms with Crippen molar-refractivity contribution in [2.24, 2.45) is 0 Å². The number of allylic oxidation sites excluding steroid dienone is 25. The highest BCUT2D eigenvalue weighted by Gasteiger charge is 2.47. The first-order chi connectivity index (χ1) is 42.2. The minimum absolute atomic E-state index is 0.0114. The summed E-state index contributed by atoms with van der Waals surface area (Å²) >= 11 is 0. The quantitative estimate of drug-likeness (QED) is 0.0195. The van der Waals surface area contributed by atoms with E-state index < -0.39 is 67.4 Å². The molecule has 1 saturated heterocycles. The van der Waals surface area contributed by atoms with E-state index >= 15 is 0 Å². The zero-order chi connectivity index (χ0) is 62.4. The van der Waals surface area contributed by atoms with Gasteiger partial charge in [0.05, 0.1) is 25.4 Å². The van der Waals surface area contributed by atoms with Crippen molar-refractivity contribution in [3.8, 4) is 0 Å². The molecule has 1 aliphatic heterocycles. The highest BCUT2D eigenvalue weighted by molar-refractivity contribution is 5.80. The van der Waals surface area contributed by atoms with Crippen molar-refractivity contribution in [1.82, 2.24) is 5.32 Å². The molecule has 0 aliphatic carbocycles. The van der Waals surface area contributed by atoms with Gasteiger partial charge in [0.15, 0.2) is 12.4 Å². The molecule has 86 heavy (non-hydrogen) atoms. The highest BCUT2D eigenvalue weighted by Crippen LogP contribution is 2.26. The molecule has 0 aromatic rings. The summed E-state index contributed by atoms with van der Waals surface area (Å²) in [6.45, 7) is 5.51. The molecule has 0 spiro atoms. The summed E-state index contributed by atoms with van der Waals surface area (Å²) in [6.07, 6.45) is 78.6. The van der Waals surface area contributed by atoms with E-state index in [9.17, 15) is 35.1 Å². The average Bonchev–Trinajstić information content (AvgIpc) is 3.68. The molecule has 1 fully saturated rings. The number of ether oxygens (including phenoxy) is 3. The van der Waals surface area contributed by atoms with Crippen molar-refractivity contribution in [3.63, 3.8) is 0 Å². The van der Waals surface area contributed by atoms with E-state index in [1.165, 1.54) is 44.9 Å². The van der Waals surface area contributed by atoms with Crippen LogP contribution in [0.25, 0.3) is 0 Å². The number of hydrogen-bond donors (Lipinski definition) is 6. The molecule has 0 radical (unpaired) electrons. The monoisotopic (exact) mass is 1200 g/mol. The molecule has 8 atom stereocenters. The molecular weight excluding hydrogens is 1070 g/mol. The zero-order valence-electron chi connectivity index (χ0n) is 53.9. The third kappa shape index (κ3) is 47.4. The van der Waals surface area contributed by atoms with Gasteiger partial charge in [0, 0.05) is 6.42 Å². The molecule has 6 N–H and O–H groups in total. The van der Waals surface area contributed by atoms with Gasteiger partial charge >= 0.3 is 5.97 Å². The second-order valence-corrected chi connectivity index (χ2v) is 22.4. The van der Waals surface area contributed by atoms with Crippen LogP contribution in [-0.4, -0.2) is 99.6 Å². The number of carbonyl (C=O) groups excluding carboxylic acids is 2. The molecule has 486 valence electrons. The Labute approximate surface area is 523 Å². The number of aliphatic hydroxyl groups is 5. The number of esters is 1. The smallest absolute Gasteiger partial charge is 0.306 e. The standard InChI is InChI=1S/C75H121NO10/c1-4-7-10-13-16-19-22-25-27-29-31-32-33-34-35-36-37-39-40-42-44-47-50-53-56-59-62-68(79)74(83)76-66(67(78)61-58-55-52-49-46-24-21-18-15-12-9-6-3)65-84-75-73(72(82)71(81)69(64-77)85-75)86-70(80)63-60-57-54-51-48-45-43-41-38-30-28-26-23-20-17-14-11-8-5-2/h7-8,10-11,16-17,19-20,25-28,31-32,34-35,37-39,41,45,48,54,57-58,61,66-69,71-73,75,77-79,81-82H,4-6,9,12-15,18,21-24,29-30,33,36,40,42-44,46-47,49-53,55-56,59-60,62-65H2,1-3H3,(H,76,83)/b10-7-,11-8-,19-16-,20-17-,27-25-,28-26-,32-31-,35-34-,39-37-,41-38-,48-45-,57-54-,61-58+. The van der Waals surface area contributed by atoms with Crippen molar-refractivity contribution in [2.75, 3.05) is 13.2 Å². The molecule has 0 bridgehead atoms. The average molecular weight is 1200 g/mol. The van der Waals surface area contributed by atoms with Crippen LogP contribution in [0.15, 0.2) is 158 Å². The van der Waals surface area contributed by atoms with E-state index in [1.807, 2.05) is 18.2 Å². The minimum atomic E-state index is -1.66. The van der Waals surface area contributed by atoms with Crippen LogP contribution in [0, 0.1) is 0 Å². The number of amides is 1. The highest BCUT2D eigenvalue weighted by atomic mass is 16.7.